The molecule has 1 aliphatic rings. The molecule has 0 aromatic carbocycles. The first-order valence-electron chi connectivity index (χ1n) is 8.95. The Hall–Kier alpha value is -0.110. The van der Waals surface area contributed by atoms with Crippen LogP contribution in [0.15, 0.2) is 11.8 Å². The van der Waals surface area contributed by atoms with Gasteiger partial charge < -0.3 is 10.1 Å². The third-order valence-electron chi connectivity index (χ3n) is 3.79. The number of ether oxygens (including phenoxy) is 1. The van der Waals surface area contributed by atoms with E-state index >= 15 is 0 Å². The van der Waals surface area contributed by atoms with E-state index in [2.05, 4.69) is 5.32 Å². The van der Waals surface area contributed by atoms with Gasteiger partial charge in [-0.1, -0.05) is 97.3 Å². The van der Waals surface area contributed by atoms with Crippen molar-refractivity contribution in [3.63, 3.8) is 0 Å². The van der Waals surface area contributed by atoms with E-state index < -0.39 is 30.9 Å². The predicted octanol–water partition coefficient (Wildman–Crippen LogP) is 5.33. The van der Waals surface area contributed by atoms with Gasteiger partial charge in [0.15, 0.2) is 7.59 Å². The first kappa shape index (κ1) is 29.9. The molecule has 12 heteroatoms. The number of carbonyl (C=O) groups is 3. The average molecular weight is 547 g/mol. The molecule has 0 spiro atoms. The van der Waals surface area contributed by atoms with E-state index in [1.807, 2.05) is 6.92 Å². The van der Waals surface area contributed by atoms with Gasteiger partial charge >= 0.3 is 0 Å². The van der Waals surface area contributed by atoms with Gasteiger partial charge in [-0.25, -0.2) is 0 Å². The topological polar surface area (TPSA) is 75.7 Å². The summed E-state index contributed by atoms with van der Waals surface area (Å²) in [5, 5.41) is 2.64. The SMILES string of the molecule is CCC(Cl)(Cl)Cl.COC1=CC(=O)N(C(=O)C(CCC(Cl)(Cl)Cl)NC(=O)C(C)(C)C)C1. The van der Waals surface area contributed by atoms with Crippen molar-refractivity contribution in [1.29, 1.82) is 0 Å². The van der Waals surface area contributed by atoms with Crippen molar-refractivity contribution in [1.82, 2.24) is 10.2 Å². The lowest BCUT2D eigenvalue weighted by molar-refractivity contribution is -0.144. The molecule has 1 unspecified atom stereocenters. The number of hydrogen-bond acceptors (Lipinski definition) is 4. The highest BCUT2D eigenvalue weighted by Crippen LogP contribution is 2.32. The van der Waals surface area contributed by atoms with E-state index in [4.69, 9.17) is 74.3 Å². The largest absolute Gasteiger partial charge is 0.499 e. The van der Waals surface area contributed by atoms with Gasteiger partial charge in [0.1, 0.15) is 11.8 Å². The average Bonchev–Trinajstić information content (AvgIpc) is 2.97. The highest BCUT2D eigenvalue weighted by molar-refractivity contribution is 6.67. The summed E-state index contributed by atoms with van der Waals surface area (Å²) in [6.07, 6.45) is 1.93. The lowest BCUT2D eigenvalue weighted by atomic mass is 9.94. The van der Waals surface area contributed by atoms with E-state index in [1.165, 1.54) is 13.2 Å². The number of imide groups is 1. The lowest BCUT2D eigenvalue weighted by Gasteiger charge is -2.27. The molecular formula is C18H26Cl6N2O4. The molecule has 0 aromatic rings. The molecule has 0 saturated heterocycles. The maximum absolute atomic E-state index is 12.7. The van der Waals surface area contributed by atoms with Gasteiger partial charge in [-0.05, 0) is 19.3 Å². The summed E-state index contributed by atoms with van der Waals surface area (Å²) in [4.78, 5) is 37.8. The zero-order valence-corrected chi connectivity index (χ0v) is 21.9. The minimum atomic E-state index is -1.56. The summed E-state index contributed by atoms with van der Waals surface area (Å²) < 4.78 is 2.39. The molecule has 30 heavy (non-hydrogen) atoms. The molecule has 1 N–H and O–H groups in total. The van der Waals surface area contributed by atoms with Gasteiger partial charge in [0, 0.05) is 11.5 Å². The Bertz CT molecular complexity index is 651. The van der Waals surface area contributed by atoms with E-state index in [-0.39, 0.29) is 25.3 Å². The fraction of sp³-hybridized carbons (Fsp3) is 0.722. The summed E-state index contributed by atoms with van der Waals surface area (Å²) in [7, 11) is 1.41. The van der Waals surface area contributed by atoms with Crippen LogP contribution in [0, 0.1) is 5.41 Å². The first-order valence-corrected chi connectivity index (χ1v) is 11.2. The van der Waals surface area contributed by atoms with Crippen molar-refractivity contribution in [3.8, 4) is 0 Å². The van der Waals surface area contributed by atoms with Gasteiger partial charge in [0.25, 0.3) is 11.8 Å². The highest BCUT2D eigenvalue weighted by atomic mass is 35.6. The molecule has 0 aliphatic carbocycles. The van der Waals surface area contributed by atoms with Crippen LogP contribution in [0.25, 0.3) is 0 Å². The molecular weight excluding hydrogens is 521 g/mol. The second kappa shape index (κ2) is 12.2. The monoisotopic (exact) mass is 544 g/mol. The molecule has 1 rings (SSSR count). The summed E-state index contributed by atoms with van der Waals surface area (Å²) >= 11 is 33.0. The van der Waals surface area contributed by atoms with Crippen molar-refractivity contribution < 1.29 is 19.1 Å². The Labute approximate surface area is 207 Å². The van der Waals surface area contributed by atoms with Crippen LogP contribution < -0.4 is 5.32 Å². The molecule has 1 heterocycles. The normalized spacial score (nSPS) is 15.8. The third kappa shape index (κ3) is 12.1. The van der Waals surface area contributed by atoms with Crippen molar-refractivity contribution in [3.05, 3.63) is 11.8 Å². The van der Waals surface area contributed by atoms with Crippen LogP contribution >= 0.6 is 69.6 Å². The smallest absolute Gasteiger partial charge is 0.257 e. The quantitative estimate of drug-likeness (QED) is 0.473. The van der Waals surface area contributed by atoms with Crippen LogP contribution in [-0.4, -0.2) is 49.9 Å². The molecule has 3 amide bonds. The molecule has 1 atom stereocenters. The number of amides is 3. The van der Waals surface area contributed by atoms with Crippen LogP contribution in [0.3, 0.4) is 0 Å². The highest BCUT2D eigenvalue weighted by Gasteiger charge is 2.36. The van der Waals surface area contributed by atoms with E-state index in [1.54, 1.807) is 20.8 Å². The fourth-order valence-electron chi connectivity index (χ4n) is 1.93. The van der Waals surface area contributed by atoms with Gasteiger partial charge in [-0.3, -0.25) is 19.3 Å². The van der Waals surface area contributed by atoms with Crippen LogP contribution in [0.5, 0.6) is 0 Å². The Morgan fingerprint density at radius 3 is 1.97 bits per heavy atom. The second-order valence-electron chi connectivity index (χ2n) is 7.48. The number of halogens is 6. The molecule has 0 bridgehead atoms. The maximum atomic E-state index is 12.7. The number of nitrogens with zero attached hydrogens (tertiary/aromatic N) is 1. The minimum Gasteiger partial charge on any atom is -0.499 e. The molecule has 6 nitrogen and oxygen atoms in total. The maximum Gasteiger partial charge on any atom is 0.257 e. The van der Waals surface area contributed by atoms with Gasteiger partial charge in [0.2, 0.25) is 5.91 Å². The third-order valence-corrected chi connectivity index (χ3v) is 5.16. The van der Waals surface area contributed by atoms with E-state index in [0.717, 1.165) is 4.90 Å². The Balaban J connectivity index is 0.00000122. The number of alkyl halides is 6. The van der Waals surface area contributed by atoms with Crippen molar-refractivity contribution >= 4 is 87.3 Å². The zero-order valence-electron chi connectivity index (χ0n) is 17.3. The number of rotatable bonds is 5. The van der Waals surface area contributed by atoms with E-state index in [9.17, 15) is 14.4 Å². The van der Waals surface area contributed by atoms with Gasteiger partial charge in [-0.15, -0.1) is 0 Å². The standard InChI is InChI=1S/C15H21Cl3N2O4.C3H5Cl3/c1-14(2,3)13(23)19-10(5-6-15(16,17)18)12(22)20-8-9(24-4)7-11(20)21;1-2-3(4,5)6/h7,10H,5-6,8H2,1-4H3,(H,19,23);2H2,1H3. The second-order valence-corrected chi connectivity index (χ2v) is 12.5. The van der Waals surface area contributed by atoms with Crippen LogP contribution in [-0.2, 0) is 19.1 Å². The number of carbonyl (C=O) groups excluding carboxylic acids is 3. The molecule has 1 aliphatic heterocycles. The predicted molar refractivity (Wildman–Crippen MR) is 123 cm³/mol. The number of methoxy groups -OCH3 is 1. The lowest BCUT2D eigenvalue weighted by Crippen LogP contribution is -2.52. The summed E-state index contributed by atoms with van der Waals surface area (Å²) in [5.41, 5.74) is -0.705. The number of hydrogen-bond donors (Lipinski definition) is 1. The van der Waals surface area contributed by atoms with Gasteiger partial charge in [-0.2, -0.15) is 0 Å². The molecule has 174 valence electrons. The van der Waals surface area contributed by atoms with Crippen LogP contribution in [0.2, 0.25) is 0 Å². The molecule has 0 fully saturated rings. The fourth-order valence-corrected chi connectivity index (χ4v) is 2.26. The first-order chi connectivity index (χ1) is 13.4. The van der Waals surface area contributed by atoms with E-state index in [0.29, 0.717) is 12.2 Å². The van der Waals surface area contributed by atoms with Crippen LogP contribution in [0.1, 0.15) is 47.0 Å². The summed E-state index contributed by atoms with van der Waals surface area (Å²) in [5.74, 6) is -1.02. The molecule has 0 saturated carbocycles. The Morgan fingerprint density at radius 1 is 1.13 bits per heavy atom. The van der Waals surface area contributed by atoms with Crippen LogP contribution in [0.4, 0.5) is 0 Å². The van der Waals surface area contributed by atoms with Crippen molar-refractivity contribution in [2.24, 2.45) is 5.41 Å². The summed E-state index contributed by atoms with van der Waals surface area (Å²) in [6.45, 7) is 6.97. The van der Waals surface area contributed by atoms with Crippen molar-refractivity contribution in [2.45, 2.75) is 60.6 Å². The zero-order chi connectivity index (χ0) is 23.9. The molecule has 0 aromatic heterocycles. The Kier molecular flexibility index (Phi) is 12.2. The Morgan fingerprint density at radius 2 is 1.63 bits per heavy atom. The molecule has 0 radical (unpaired) electrons. The number of nitrogens with one attached hydrogen (secondary N) is 1. The van der Waals surface area contributed by atoms with Gasteiger partial charge in [0.05, 0.1) is 13.7 Å². The summed E-state index contributed by atoms with van der Waals surface area (Å²) in [6, 6.07) is -0.971. The van der Waals surface area contributed by atoms with Crippen molar-refractivity contribution in [2.75, 3.05) is 13.7 Å². The minimum absolute atomic E-state index is 0.0177.